The van der Waals surface area contributed by atoms with Crippen LogP contribution in [0, 0.1) is 19.7 Å². The molecule has 2 aromatic carbocycles. The zero-order valence-corrected chi connectivity index (χ0v) is 16.5. The molecule has 1 aromatic heterocycles. The van der Waals surface area contributed by atoms with Gasteiger partial charge in [-0.15, -0.1) is 0 Å². The Morgan fingerprint density at radius 2 is 1.86 bits per heavy atom. The van der Waals surface area contributed by atoms with Gasteiger partial charge in [-0.1, -0.05) is 24.3 Å². The predicted octanol–water partition coefficient (Wildman–Crippen LogP) is 3.66. The molecule has 0 aliphatic heterocycles. The van der Waals surface area contributed by atoms with Crippen LogP contribution >= 0.6 is 0 Å². The topological polar surface area (TPSA) is 73.2 Å². The normalized spacial score (nSPS) is 11.7. The maximum atomic E-state index is 13.5. The van der Waals surface area contributed by atoms with Gasteiger partial charge in [0.1, 0.15) is 5.82 Å². The summed E-state index contributed by atoms with van der Waals surface area (Å²) in [5, 5.41) is 7.21. The first-order valence-electron chi connectivity index (χ1n) is 9.27. The fourth-order valence-electron chi connectivity index (χ4n) is 3.21. The largest absolute Gasteiger partial charge is 0.464 e. The molecule has 1 heterocycles. The second-order valence-corrected chi connectivity index (χ2v) is 6.50. The third-order valence-electron chi connectivity index (χ3n) is 4.52. The molecule has 3 rings (SSSR count). The van der Waals surface area contributed by atoms with Gasteiger partial charge in [-0.3, -0.25) is 4.79 Å². The Balaban J connectivity index is 2.01. The second-order valence-electron chi connectivity index (χ2n) is 6.50. The first-order valence-corrected chi connectivity index (χ1v) is 9.27. The van der Waals surface area contributed by atoms with Crippen molar-refractivity contribution in [3.8, 4) is 5.69 Å². The van der Waals surface area contributed by atoms with Crippen LogP contribution in [0.15, 0.2) is 54.6 Å². The molecule has 6 nitrogen and oxygen atoms in total. The van der Waals surface area contributed by atoms with Gasteiger partial charge >= 0.3 is 5.97 Å². The number of hydrogen-bond donors (Lipinski definition) is 1. The number of hydrogen-bond acceptors (Lipinski definition) is 4. The van der Waals surface area contributed by atoms with Crippen LogP contribution in [0.25, 0.3) is 5.69 Å². The van der Waals surface area contributed by atoms with Crippen molar-refractivity contribution < 1.29 is 18.7 Å². The van der Waals surface area contributed by atoms with E-state index in [4.69, 9.17) is 4.74 Å². The van der Waals surface area contributed by atoms with E-state index < -0.39 is 23.7 Å². The highest BCUT2D eigenvalue weighted by Gasteiger charge is 2.30. The van der Waals surface area contributed by atoms with Gasteiger partial charge in [0.05, 0.1) is 18.0 Å². The van der Waals surface area contributed by atoms with Crippen LogP contribution in [0.2, 0.25) is 0 Å². The minimum atomic E-state index is -1.07. The lowest BCUT2D eigenvalue weighted by Crippen LogP contribution is -2.35. The molecule has 29 heavy (non-hydrogen) atoms. The molecule has 0 aliphatic rings. The summed E-state index contributed by atoms with van der Waals surface area (Å²) < 4.78 is 20.4. The van der Waals surface area contributed by atoms with Crippen molar-refractivity contribution in [3.63, 3.8) is 0 Å². The molecule has 0 bridgehead atoms. The van der Waals surface area contributed by atoms with Crippen molar-refractivity contribution in [1.29, 1.82) is 0 Å². The van der Waals surface area contributed by atoms with Gasteiger partial charge in [0.2, 0.25) is 0 Å². The molecule has 1 N–H and O–H groups in total. The molecule has 7 heteroatoms. The lowest BCUT2D eigenvalue weighted by atomic mass is 10.0. The van der Waals surface area contributed by atoms with Gasteiger partial charge in [0.25, 0.3) is 5.91 Å². The zero-order valence-electron chi connectivity index (χ0n) is 16.5. The molecule has 0 aliphatic carbocycles. The number of ether oxygens (including phenoxy) is 1. The molecule has 1 amide bonds. The summed E-state index contributed by atoms with van der Waals surface area (Å²) in [6.07, 6.45) is 0. The van der Waals surface area contributed by atoms with Crippen LogP contribution < -0.4 is 5.32 Å². The standard InChI is InChI=1S/C22H22FN3O3/c1-4-29-22(28)20(24-21(27)16-9-8-10-17(23)13-16)19-14(2)25-26(15(19)3)18-11-6-5-7-12-18/h5-13,20H,4H2,1-3H3,(H,24,27). The van der Waals surface area contributed by atoms with Crippen LogP contribution in [0.3, 0.4) is 0 Å². The number of nitrogens with one attached hydrogen (secondary N) is 1. The number of aryl methyl sites for hydroxylation is 1. The van der Waals surface area contributed by atoms with E-state index in [1.807, 2.05) is 37.3 Å². The van der Waals surface area contributed by atoms with Gasteiger partial charge in [-0.05, 0) is 51.1 Å². The summed E-state index contributed by atoms with van der Waals surface area (Å²) in [6.45, 7) is 5.44. The molecule has 150 valence electrons. The molecule has 0 saturated heterocycles. The number of carbonyl (C=O) groups is 2. The second kappa shape index (κ2) is 8.68. The van der Waals surface area contributed by atoms with Crippen LogP contribution in [0.1, 0.15) is 40.3 Å². The summed E-state index contributed by atoms with van der Waals surface area (Å²) in [4.78, 5) is 25.4. The van der Waals surface area contributed by atoms with E-state index in [9.17, 15) is 14.0 Å². The number of halogens is 1. The Morgan fingerprint density at radius 1 is 1.14 bits per heavy atom. The van der Waals surface area contributed by atoms with Crippen LogP contribution in [-0.4, -0.2) is 28.3 Å². The molecular weight excluding hydrogens is 373 g/mol. The Bertz CT molecular complexity index is 1030. The predicted molar refractivity (Wildman–Crippen MR) is 106 cm³/mol. The minimum absolute atomic E-state index is 0.116. The van der Waals surface area contributed by atoms with Crippen molar-refractivity contribution in [3.05, 3.63) is 82.9 Å². The summed E-state index contributed by atoms with van der Waals surface area (Å²) in [7, 11) is 0. The highest BCUT2D eigenvalue weighted by Crippen LogP contribution is 2.26. The molecule has 0 saturated carbocycles. The van der Waals surface area contributed by atoms with E-state index in [1.165, 1.54) is 18.2 Å². The Hall–Kier alpha value is -3.48. The average Bonchev–Trinajstić information content (AvgIpc) is 3.01. The third-order valence-corrected chi connectivity index (χ3v) is 4.52. The summed E-state index contributed by atoms with van der Waals surface area (Å²) in [6, 6.07) is 13.7. The molecule has 0 fully saturated rings. The van der Waals surface area contributed by atoms with Crippen molar-refractivity contribution in [2.24, 2.45) is 0 Å². The van der Waals surface area contributed by atoms with Gasteiger partial charge in [-0.25, -0.2) is 13.9 Å². The number of aromatic nitrogens is 2. The first-order chi connectivity index (χ1) is 13.9. The van der Waals surface area contributed by atoms with E-state index in [0.717, 1.165) is 11.8 Å². The number of carbonyl (C=O) groups excluding carboxylic acids is 2. The van der Waals surface area contributed by atoms with E-state index in [1.54, 1.807) is 18.5 Å². The van der Waals surface area contributed by atoms with Gasteiger partial charge in [0, 0.05) is 16.8 Å². The van der Waals surface area contributed by atoms with Crippen LogP contribution in [-0.2, 0) is 9.53 Å². The summed E-state index contributed by atoms with van der Waals surface area (Å²) >= 11 is 0. The summed E-state index contributed by atoms with van der Waals surface area (Å²) in [5.41, 5.74) is 2.79. The Morgan fingerprint density at radius 3 is 2.52 bits per heavy atom. The molecule has 1 unspecified atom stereocenters. The quantitative estimate of drug-likeness (QED) is 0.647. The third kappa shape index (κ3) is 4.34. The molecular formula is C22H22FN3O3. The first kappa shape index (κ1) is 20.3. The molecule has 0 radical (unpaired) electrons. The van der Waals surface area contributed by atoms with Crippen molar-refractivity contribution >= 4 is 11.9 Å². The SMILES string of the molecule is CCOC(=O)C(NC(=O)c1cccc(F)c1)c1c(C)nn(-c2ccccc2)c1C. The van der Waals surface area contributed by atoms with Gasteiger partial charge in [0.15, 0.2) is 6.04 Å². The van der Waals surface area contributed by atoms with Crippen LogP contribution in [0.5, 0.6) is 0 Å². The zero-order chi connectivity index (χ0) is 21.0. The number of amides is 1. The fourth-order valence-corrected chi connectivity index (χ4v) is 3.21. The highest BCUT2D eigenvalue weighted by atomic mass is 19.1. The molecule has 0 spiro atoms. The van der Waals surface area contributed by atoms with E-state index in [2.05, 4.69) is 10.4 Å². The number of benzene rings is 2. The minimum Gasteiger partial charge on any atom is -0.464 e. The Kier molecular flexibility index (Phi) is 6.07. The number of para-hydroxylation sites is 1. The van der Waals surface area contributed by atoms with Crippen molar-refractivity contribution in [2.75, 3.05) is 6.61 Å². The number of rotatable bonds is 6. The maximum Gasteiger partial charge on any atom is 0.333 e. The number of esters is 1. The smallest absolute Gasteiger partial charge is 0.333 e. The van der Waals surface area contributed by atoms with Crippen molar-refractivity contribution in [1.82, 2.24) is 15.1 Å². The molecule has 1 atom stereocenters. The molecule has 3 aromatic rings. The van der Waals surface area contributed by atoms with E-state index >= 15 is 0 Å². The maximum absolute atomic E-state index is 13.5. The van der Waals surface area contributed by atoms with Crippen molar-refractivity contribution in [2.45, 2.75) is 26.8 Å². The highest BCUT2D eigenvalue weighted by molar-refractivity contribution is 5.97. The van der Waals surface area contributed by atoms with E-state index in [-0.39, 0.29) is 12.2 Å². The van der Waals surface area contributed by atoms with Gasteiger partial charge in [-0.2, -0.15) is 5.10 Å². The van der Waals surface area contributed by atoms with Crippen LogP contribution in [0.4, 0.5) is 4.39 Å². The summed E-state index contributed by atoms with van der Waals surface area (Å²) in [5.74, 6) is -1.71. The Labute approximate surface area is 168 Å². The average molecular weight is 395 g/mol. The lowest BCUT2D eigenvalue weighted by molar-refractivity contribution is -0.145. The fraction of sp³-hybridized carbons (Fsp3) is 0.227. The van der Waals surface area contributed by atoms with Gasteiger partial charge < -0.3 is 10.1 Å². The number of nitrogens with zero attached hydrogens (tertiary/aromatic N) is 2. The monoisotopic (exact) mass is 395 g/mol. The lowest BCUT2D eigenvalue weighted by Gasteiger charge is -2.18. The van der Waals surface area contributed by atoms with E-state index in [0.29, 0.717) is 17.0 Å².